The van der Waals surface area contributed by atoms with Crippen LogP contribution in [0, 0.1) is 23.2 Å². The summed E-state index contributed by atoms with van der Waals surface area (Å²) in [6, 6.07) is 6.88. The lowest BCUT2D eigenvalue weighted by molar-refractivity contribution is -0.127. The minimum Gasteiger partial charge on any atom is -0.453 e. The van der Waals surface area contributed by atoms with Gasteiger partial charge in [0.15, 0.2) is 0 Å². The maximum absolute atomic E-state index is 13.5. The quantitative estimate of drug-likeness (QED) is 0.457. The molecule has 0 radical (unpaired) electrons. The van der Waals surface area contributed by atoms with Gasteiger partial charge < -0.3 is 25.4 Å². The van der Waals surface area contributed by atoms with E-state index < -0.39 is 17.6 Å². The third kappa shape index (κ3) is 5.24. The summed E-state index contributed by atoms with van der Waals surface area (Å²) in [6.07, 6.45) is 7.90. The first-order valence-corrected chi connectivity index (χ1v) is 13.5. The molecule has 3 aliphatic carbocycles. The number of carbonyl (C=O) groups is 3. The van der Waals surface area contributed by atoms with Gasteiger partial charge in [0, 0.05) is 18.8 Å². The van der Waals surface area contributed by atoms with Crippen LogP contribution in [0.15, 0.2) is 24.3 Å². The lowest BCUT2D eigenvalue weighted by Crippen LogP contribution is -2.50. The highest BCUT2D eigenvalue weighted by molar-refractivity contribution is 5.97. The SMILES string of the molecule is COC(=O)N[C@H](C(=O)Nc1cccc(C2(C(=O)NCC3(C)CCC3)CCOC2)c1)C(C1CC1)C1CC1. The Morgan fingerprint density at radius 3 is 2.39 bits per heavy atom. The molecule has 1 aliphatic heterocycles. The average molecular weight is 498 g/mol. The van der Waals surface area contributed by atoms with Gasteiger partial charge in [0.2, 0.25) is 11.8 Å². The van der Waals surface area contributed by atoms with Crippen LogP contribution in [-0.4, -0.2) is 50.8 Å². The Kier molecular flexibility index (Phi) is 6.99. The number of rotatable bonds is 10. The molecular formula is C28H39N3O5. The summed E-state index contributed by atoms with van der Waals surface area (Å²) in [5.74, 6) is 0.819. The molecular weight excluding hydrogens is 458 g/mol. The lowest BCUT2D eigenvalue weighted by Gasteiger charge is -2.39. The van der Waals surface area contributed by atoms with Crippen LogP contribution in [0.25, 0.3) is 0 Å². The zero-order valence-corrected chi connectivity index (χ0v) is 21.4. The number of ether oxygens (including phenoxy) is 2. The van der Waals surface area contributed by atoms with Gasteiger partial charge in [-0.25, -0.2) is 4.79 Å². The Hall–Kier alpha value is -2.61. The fraction of sp³-hybridized carbons (Fsp3) is 0.679. The van der Waals surface area contributed by atoms with Crippen molar-refractivity contribution < 1.29 is 23.9 Å². The van der Waals surface area contributed by atoms with Crippen LogP contribution >= 0.6 is 0 Å². The van der Waals surface area contributed by atoms with Crippen LogP contribution in [0.1, 0.15) is 63.9 Å². The van der Waals surface area contributed by atoms with E-state index in [1.165, 1.54) is 13.5 Å². The summed E-state index contributed by atoms with van der Waals surface area (Å²) in [5, 5.41) is 9.04. The van der Waals surface area contributed by atoms with E-state index in [9.17, 15) is 14.4 Å². The van der Waals surface area contributed by atoms with Crippen molar-refractivity contribution in [3.05, 3.63) is 29.8 Å². The summed E-state index contributed by atoms with van der Waals surface area (Å²) in [7, 11) is 1.32. The van der Waals surface area contributed by atoms with Crippen LogP contribution in [0.2, 0.25) is 0 Å². The number of amides is 3. The first kappa shape index (κ1) is 25.1. The second-order valence-corrected chi connectivity index (χ2v) is 11.7. The molecule has 4 aliphatic rings. The predicted octanol–water partition coefficient (Wildman–Crippen LogP) is 3.75. The average Bonchev–Trinajstić information content (AvgIpc) is 3.80. The zero-order chi connectivity index (χ0) is 25.3. The van der Waals surface area contributed by atoms with E-state index in [2.05, 4.69) is 22.9 Å². The van der Waals surface area contributed by atoms with Gasteiger partial charge in [-0.2, -0.15) is 0 Å². The molecule has 8 heteroatoms. The van der Waals surface area contributed by atoms with Gasteiger partial charge in [0.05, 0.1) is 19.1 Å². The molecule has 1 saturated heterocycles. The second-order valence-electron chi connectivity index (χ2n) is 11.7. The Labute approximate surface area is 213 Å². The minimum absolute atomic E-state index is 0.00985. The van der Waals surface area contributed by atoms with E-state index in [-0.39, 0.29) is 23.1 Å². The van der Waals surface area contributed by atoms with Crippen molar-refractivity contribution in [1.29, 1.82) is 0 Å². The molecule has 1 unspecified atom stereocenters. The summed E-state index contributed by atoms with van der Waals surface area (Å²) in [4.78, 5) is 39.0. The molecule has 36 heavy (non-hydrogen) atoms. The largest absolute Gasteiger partial charge is 0.453 e. The highest BCUT2D eigenvalue weighted by Crippen LogP contribution is 2.51. The Balaban J connectivity index is 1.32. The Morgan fingerprint density at radius 2 is 1.83 bits per heavy atom. The zero-order valence-electron chi connectivity index (χ0n) is 21.4. The molecule has 2 atom stereocenters. The van der Waals surface area contributed by atoms with E-state index in [0.29, 0.717) is 43.7 Å². The van der Waals surface area contributed by atoms with E-state index >= 15 is 0 Å². The molecule has 0 bridgehead atoms. The van der Waals surface area contributed by atoms with Crippen LogP contribution < -0.4 is 16.0 Å². The molecule has 0 aromatic heterocycles. The molecule has 8 nitrogen and oxygen atoms in total. The molecule has 3 amide bonds. The van der Waals surface area contributed by atoms with Crippen LogP contribution in [0.5, 0.6) is 0 Å². The van der Waals surface area contributed by atoms with Crippen molar-refractivity contribution in [2.24, 2.45) is 23.2 Å². The van der Waals surface area contributed by atoms with Gasteiger partial charge >= 0.3 is 6.09 Å². The van der Waals surface area contributed by atoms with Crippen molar-refractivity contribution in [3.63, 3.8) is 0 Å². The number of benzene rings is 1. The monoisotopic (exact) mass is 497 g/mol. The van der Waals surface area contributed by atoms with Gasteiger partial charge in [-0.3, -0.25) is 9.59 Å². The number of hydrogen-bond donors (Lipinski definition) is 3. The molecule has 4 fully saturated rings. The van der Waals surface area contributed by atoms with Gasteiger partial charge in [-0.05, 0) is 85.8 Å². The summed E-state index contributed by atoms with van der Waals surface area (Å²) in [5.41, 5.74) is 0.875. The van der Waals surface area contributed by atoms with Crippen molar-refractivity contribution in [2.45, 2.75) is 69.7 Å². The maximum atomic E-state index is 13.5. The lowest BCUT2D eigenvalue weighted by atomic mass is 9.70. The number of alkyl carbamates (subject to hydrolysis) is 1. The minimum atomic E-state index is -0.769. The molecule has 1 heterocycles. The fourth-order valence-electron chi connectivity index (χ4n) is 6.05. The van der Waals surface area contributed by atoms with Crippen LogP contribution in [0.3, 0.4) is 0 Å². The summed E-state index contributed by atoms with van der Waals surface area (Å²) in [6.45, 7) is 3.75. The number of anilines is 1. The first-order valence-electron chi connectivity index (χ1n) is 13.5. The van der Waals surface area contributed by atoms with Gasteiger partial charge in [0.25, 0.3) is 0 Å². The van der Waals surface area contributed by atoms with Crippen molar-refractivity contribution in [1.82, 2.24) is 10.6 Å². The number of hydrogen-bond acceptors (Lipinski definition) is 5. The standard InChI is InChI=1S/C28H39N3O5/c1-27(11-4-12-27)16-29-25(33)28(13-14-36-17-28)20-5-3-6-21(15-20)30-24(32)23(31-26(34)35-2)22(18-7-8-18)19-9-10-19/h3,5-6,15,18-19,22-23H,4,7-14,16-17H2,1-2H3,(H,29,33)(H,30,32)(H,31,34)/t23-,28?/m0/s1. The van der Waals surface area contributed by atoms with E-state index in [1.807, 2.05) is 24.3 Å². The third-order valence-electron chi connectivity index (χ3n) is 8.83. The number of nitrogens with one attached hydrogen (secondary N) is 3. The molecule has 3 N–H and O–H groups in total. The highest BCUT2D eigenvalue weighted by atomic mass is 16.5. The summed E-state index contributed by atoms with van der Waals surface area (Å²) >= 11 is 0. The van der Waals surface area contributed by atoms with Crippen LogP contribution in [0.4, 0.5) is 10.5 Å². The topological polar surface area (TPSA) is 106 Å². The fourth-order valence-corrected chi connectivity index (χ4v) is 6.05. The van der Waals surface area contributed by atoms with Gasteiger partial charge in [-0.15, -0.1) is 0 Å². The van der Waals surface area contributed by atoms with Gasteiger partial charge in [0.1, 0.15) is 6.04 Å². The van der Waals surface area contributed by atoms with E-state index in [0.717, 1.165) is 44.1 Å². The Bertz CT molecular complexity index is 981. The number of methoxy groups -OCH3 is 1. The van der Waals surface area contributed by atoms with Crippen molar-refractivity contribution in [3.8, 4) is 0 Å². The van der Waals surface area contributed by atoms with Crippen molar-refractivity contribution in [2.75, 3.05) is 32.2 Å². The normalized spacial score (nSPS) is 25.5. The predicted molar refractivity (Wildman–Crippen MR) is 135 cm³/mol. The first-order chi connectivity index (χ1) is 17.3. The third-order valence-corrected chi connectivity index (χ3v) is 8.83. The Morgan fingerprint density at radius 1 is 1.11 bits per heavy atom. The summed E-state index contributed by atoms with van der Waals surface area (Å²) < 4.78 is 10.5. The molecule has 5 rings (SSSR count). The molecule has 3 saturated carbocycles. The van der Waals surface area contributed by atoms with Crippen LogP contribution in [-0.2, 0) is 24.5 Å². The van der Waals surface area contributed by atoms with Crippen molar-refractivity contribution >= 4 is 23.6 Å². The van der Waals surface area contributed by atoms with E-state index in [4.69, 9.17) is 9.47 Å². The van der Waals surface area contributed by atoms with E-state index in [1.54, 1.807) is 0 Å². The number of carbonyl (C=O) groups excluding carboxylic acids is 3. The highest BCUT2D eigenvalue weighted by Gasteiger charge is 2.49. The molecule has 1 aromatic carbocycles. The van der Waals surface area contributed by atoms with Gasteiger partial charge in [-0.1, -0.05) is 25.5 Å². The molecule has 196 valence electrons. The smallest absolute Gasteiger partial charge is 0.407 e. The second kappa shape index (κ2) is 10.0. The molecule has 1 aromatic rings. The maximum Gasteiger partial charge on any atom is 0.407 e. The molecule has 0 spiro atoms.